The molecule has 2 aromatic rings. The van der Waals surface area contributed by atoms with Gasteiger partial charge in [0.15, 0.2) is 0 Å². The van der Waals surface area contributed by atoms with Gasteiger partial charge in [0, 0.05) is 18.7 Å². The topological polar surface area (TPSA) is 75.4 Å². The molecule has 1 aliphatic heterocycles. The van der Waals surface area contributed by atoms with E-state index in [4.69, 9.17) is 5.11 Å². The second-order valence-corrected chi connectivity index (χ2v) is 5.23. The molecule has 1 amide bonds. The molecule has 1 aromatic carbocycles. The van der Waals surface area contributed by atoms with Crippen LogP contribution < -0.4 is 0 Å². The zero-order valence-electron chi connectivity index (χ0n) is 11.6. The first kappa shape index (κ1) is 14.2. The summed E-state index contributed by atoms with van der Waals surface area (Å²) in [4.78, 5) is 28.6. The van der Waals surface area contributed by atoms with Gasteiger partial charge in [-0.25, -0.2) is 14.2 Å². The number of imidazole rings is 1. The van der Waals surface area contributed by atoms with E-state index in [-0.39, 0.29) is 18.7 Å². The van der Waals surface area contributed by atoms with Crippen molar-refractivity contribution in [3.8, 4) is 5.69 Å². The summed E-state index contributed by atoms with van der Waals surface area (Å²) in [5.74, 6) is -1.96. The van der Waals surface area contributed by atoms with Crippen LogP contribution in [0.4, 0.5) is 4.39 Å². The summed E-state index contributed by atoms with van der Waals surface area (Å²) in [5.41, 5.74) is -1.33. The molecule has 0 bridgehead atoms. The summed E-state index contributed by atoms with van der Waals surface area (Å²) < 4.78 is 15.7. The molecule has 0 spiro atoms. The maximum Gasteiger partial charge on any atom is 0.343 e. The number of benzene rings is 1. The van der Waals surface area contributed by atoms with Crippen molar-refractivity contribution in [2.24, 2.45) is 0 Å². The van der Waals surface area contributed by atoms with Gasteiger partial charge >= 0.3 is 5.97 Å². The summed E-state index contributed by atoms with van der Waals surface area (Å²) in [6.07, 6.45) is 2.69. The van der Waals surface area contributed by atoms with Gasteiger partial charge in [0.25, 0.3) is 5.91 Å². The lowest BCUT2D eigenvalue weighted by Crippen LogP contribution is -2.39. The standard InChI is InChI=1S/C15H14FN3O3/c16-15(14(21)22)6-7-18(9-15)13(20)12-8-17-10-19(12)11-4-2-1-3-5-11/h1-5,8,10H,6-7,9H2,(H,21,22). The number of likely N-dealkylation sites (tertiary alicyclic amines) is 1. The van der Waals surface area contributed by atoms with E-state index >= 15 is 0 Å². The average molecular weight is 303 g/mol. The Balaban J connectivity index is 1.86. The number of carboxylic acid groups (broad SMARTS) is 1. The number of carboxylic acids is 1. The van der Waals surface area contributed by atoms with Crippen molar-refractivity contribution in [1.82, 2.24) is 14.5 Å². The van der Waals surface area contributed by atoms with Crippen LogP contribution in [0.2, 0.25) is 0 Å². The highest BCUT2D eigenvalue weighted by molar-refractivity contribution is 5.94. The van der Waals surface area contributed by atoms with Crippen molar-refractivity contribution in [2.45, 2.75) is 12.1 Å². The molecule has 6 nitrogen and oxygen atoms in total. The first-order chi connectivity index (χ1) is 10.5. The molecule has 114 valence electrons. The Bertz CT molecular complexity index is 716. The van der Waals surface area contributed by atoms with Gasteiger partial charge in [-0.15, -0.1) is 0 Å². The smallest absolute Gasteiger partial charge is 0.343 e. The third kappa shape index (κ3) is 2.34. The van der Waals surface area contributed by atoms with E-state index in [0.29, 0.717) is 0 Å². The van der Waals surface area contributed by atoms with Crippen LogP contribution in [0.25, 0.3) is 5.69 Å². The molecule has 1 aromatic heterocycles. The lowest BCUT2D eigenvalue weighted by molar-refractivity contribution is -0.149. The second-order valence-electron chi connectivity index (χ2n) is 5.23. The van der Waals surface area contributed by atoms with Crippen LogP contribution >= 0.6 is 0 Å². The molecule has 1 atom stereocenters. The van der Waals surface area contributed by atoms with E-state index in [1.54, 1.807) is 4.57 Å². The van der Waals surface area contributed by atoms with Crippen LogP contribution in [0, 0.1) is 0 Å². The number of hydrogen-bond donors (Lipinski definition) is 1. The molecule has 1 saturated heterocycles. The number of aromatic nitrogens is 2. The van der Waals surface area contributed by atoms with E-state index in [2.05, 4.69) is 4.98 Å². The zero-order chi connectivity index (χ0) is 15.7. The highest BCUT2D eigenvalue weighted by Crippen LogP contribution is 2.27. The van der Waals surface area contributed by atoms with E-state index < -0.39 is 24.1 Å². The number of para-hydroxylation sites is 1. The molecule has 2 heterocycles. The number of nitrogens with zero attached hydrogens (tertiary/aromatic N) is 3. The summed E-state index contributed by atoms with van der Waals surface area (Å²) in [6.45, 7) is -0.372. The van der Waals surface area contributed by atoms with Gasteiger partial charge in [-0.2, -0.15) is 0 Å². The maximum absolute atomic E-state index is 14.1. The van der Waals surface area contributed by atoms with Crippen molar-refractivity contribution in [2.75, 3.05) is 13.1 Å². The summed E-state index contributed by atoms with van der Waals surface area (Å²) in [5, 5.41) is 8.90. The normalized spacial score (nSPS) is 21.0. The van der Waals surface area contributed by atoms with E-state index in [0.717, 1.165) is 5.69 Å². The molecule has 0 aliphatic carbocycles. The first-order valence-corrected chi connectivity index (χ1v) is 6.81. The number of carbonyl (C=O) groups is 2. The van der Waals surface area contributed by atoms with Gasteiger partial charge in [0.05, 0.1) is 19.1 Å². The Kier molecular flexibility index (Phi) is 3.40. The van der Waals surface area contributed by atoms with Crippen molar-refractivity contribution in [3.63, 3.8) is 0 Å². The van der Waals surface area contributed by atoms with Crippen LogP contribution in [-0.4, -0.2) is 50.2 Å². The lowest BCUT2D eigenvalue weighted by Gasteiger charge is -2.18. The van der Waals surface area contributed by atoms with Gasteiger partial charge < -0.3 is 10.0 Å². The molecule has 1 unspecified atom stereocenters. The summed E-state index contributed by atoms with van der Waals surface area (Å²) in [6, 6.07) is 9.15. The Labute approximate surface area is 125 Å². The van der Waals surface area contributed by atoms with Gasteiger partial charge in [0.1, 0.15) is 5.69 Å². The Morgan fingerprint density at radius 2 is 2.00 bits per heavy atom. The SMILES string of the molecule is O=C(c1cncn1-c1ccccc1)N1CCC(F)(C(=O)O)C1. The molecule has 7 heteroatoms. The maximum atomic E-state index is 14.1. The molecular weight excluding hydrogens is 289 g/mol. The Morgan fingerprint density at radius 3 is 2.64 bits per heavy atom. The van der Waals surface area contributed by atoms with Crippen LogP contribution in [0.5, 0.6) is 0 Å². The van der Waals surface area contributed by atoms with Crippen LogP contribution in [0.3, 0.4) is 0 Å². The second kappa shape index (κ2) is 5.25. The molecule has 0 radical (unpaired) electrons. The van der Waals surface area contributed by atoms with Gasteiger partial charge in [-0.1, -0.05) is 18.2 Å². The predicted molar refractivity (Wildman–Crippen MR) is 75.6 cm³/mol. The lowest BCUT2D eigenvalue weighted by atomic mass is 10.1. The minimum Gasteiger partial charge on any atom is -0.479 e. The molecule has 1 N–H and O–H groups in total. The van der Waals surface area contributed by atoms with E-state index in [1.807, 2.05) is 30.3 Å². The molecule has 0 saturated carbocycles. The number of amides is 1. The molecule has 1 fully saturated rings. The number of alkyl halides is 1. The highest BCUT2D eigenvalue weighted by atomic mass is 19.1. The number of hydrogen-bond acceptors (Lipinski definition) is 3. The fraction of sp³-hybridized carbons (Fsp3) is 0.267. The number of aliphatic carboxylic acids is 1. The monoisotopic (exact) mass is 303 g/mol. The van der Waals surface area contributed by atoms with Gasteiger partial charge in [-0.3, -0.25) is 9.36 Å². The summed E-state index contributed by atoms with van der Waals surface area (Å²) in [7, 11) is 0. The zero-order valence-corrected chi connectivity index (χ0v) is 11.6. The first-order valence-electron chi connectivity index (χ1n) is 6.81. The van der Waals surface area contributed by atoms with Crippen molar-refractivity contribution >= 4 is 11.9 Å². The van der Waals surface area contributed by atoms with E-state index in [1.165, 1.54) is 17.4 Å². The number of carbonyl (C=O) groups excluding carboxylic acids is 1. The average Bonchev–Trinajstić information content (AvgIpc) is 3.15. The highest BCUT2D eigenvalue weighted by Gasteiger charge is 2.47. The molecule has 3 rings (SSSR count). The predicted octanol–water partition coefficient (Wildman–Crippen LogP) is 1.51. The molecular formula is C15H14FN3O3. The Hall–Kier alpha value is -2.70. The number of rotatable bonds is 3. The van der Waals surface area contributed by atoms with Crippen LogP contribution in [0.1, 0.15) is 16.9 Å². The minimum absolute atomic E-state index is 0.0710. The summed E-state index contributed by atoms with van der Waals surface area (Å²) >= 11 is 0. The largest absolute Gasteiger partial charge is 0.479 e. The fourth-order valence-corrected chi connectivity index (χ4v) is 2.53. The quantitative estimate of drug-likeness (QED) is 0.932. The fourth-order valence-electron chi connectivity index (χ4n) is 2.53. The van der Waals surface area contributed by atoms with Crippen molar-refractivity contribution < 1.29 is 19.1 Å². The van der Waals surface area contributed by atoms with Gasteiger partial charge in [-0.05, 0) is 12.1 Å². The number of halogens is 1. The molecule has 1 aliphatic rings. The Morgan fingerprint density at radius 1 is 1.27 bits per heavy atom. The van der Waals surface area contributed by atoms with Crippen LogP contribution in [-0.2, 0) is 4.79 Å². The van der Waals surface area contributed by atoms with Crippen LogP contribution in [0.15, 0.2) is 42.9 Å². The van der Waals surface area contributed by atoms with Gasteiger partial charge in [0.2, 0.25) is 5.67 Å². The van der Waals surface area contributed by atoms with Crippen molar-refractivity contribution in [1.29, 1.82) is 0 Å². The van der Waals surface area contributed by atoms with Crippen molar-refractivity contribution in [3.05, 3.63) is 48.5 Å². The third-order valence-electron chi connectivity index (χ3n) is 3.78. The minimum atomic E-state index is -2.37. The third-order valence-corrected chi connectivity index (χ3v) is 3.78. The molecule has 22 heavy (non-hydrogen) atoms. The van der Waals surface area contributed by atoms with E-state index in [9.17, 15) is 14.0 Å².